The molecule has 2 heterocycles. The number of piperazine rings is 1. The zero-order valence-electron chi connectivity index (χ0n) is 23.6. The molecule has 4 rings (SSSR count). The number of aryl methyl sites for hydroxylation is 1. The number of carbonyl (C=O) groups is 1. The van der Waals surface area contributed by atoms with Crippen LogP contribution in [0.15, 0.2) is 95.4 Å². The summed E-state index contributed by atoms with van der Waals surface area (Å²) in [6.07, 6.45) is 4.90. The molecular weight excluding hydrogens is 543 g/mol. The molecule has 3 aromatic rings. The summed E-state index contributed by atoms with van der Waals surface area (Å²) in [5.41, 5.74) is 2.89. The van der Waals surface area contributed by atoms with Crippen LogP contribution in [0.25, 0.3) is 10.9 Å². The highest BCUT2D eigenvalue weighted by atomic mass is 32.2. The average Bonchev–Trinajstić information content (AvgIpc) is 2.95. The number of nitrogens with one attached hydrogen (secondary N) is 1. The van der Waals surface area contributed by atoms with Crippen molar-refractivity contribution in [1.29, 1.82) is 0 Å². The number of hydrogen-bond donors (Lipinski definition) is 1. The monoisotopic (exact) mass is 578 g/mol. The molecule has 1 aliphatic heterocycles. The summed E-state index contributed by atoms with van der Waals surface area (Å²) in [6.45, 7) is 10.8. The number of methoxy groups -OCH3 is 1. The van der Waals surface area contributed by atoms with Gasteiger partial charge in [-0.2, -0.15) is 0 Å². The minimum atomic E-state index is -4.00. The second-order valence-electron chi connectivity index (χ2n) is 9.96. The van der Waals surface area contributed by atoms with Crippen molar-refractivity contribution < 1.29 is 22.3 Å². The first kappa shape index (κ1) is 30.0. The third kappa shape index (κ3) is 7.59. The number of ether oxygens (including phenoxy) is 1. The predicted octanol–water partition coefficient (Wildman–Crippen LogP) is 4.69. The highest BCUT2D eigenvalue weighted by Gasteiger charge is 2.24. The Bertz CT molecular complexity index is 1590. The lowest BCUT2D eigenvalue weighted by molar-refractivity contribution is -0.132. The number of benzene rings is 2. The number of allylic oxidation sites excluding steroid dienone is 3. The van der Waals surface area contributed by atoms with E-state index in [2.05, 4.69) is 21.2 Å². The van der Waals surface area contributed by atoms with E-state index in [1.165, 1.54) is 25.3 Å². The van der Waals surface area contributed by atoms with Crippen molar-refractivity contribution in [3.8, 4) is 0 Å². The van der Waals surface area contributed by atoms with E-state index in [9.17, 15) is 17.6 Å². The Morgan fingerprint density at radius 2 is 1.85 bits per heavy atom. The lowest BCUT2D eigenvalue weighted by Gasteiger charge is -2.35. The number of pyridine rings is 1. The van der Waals surface area contributed by atoms with Crippen molar-refractivity contribution in [3.05, 3.63) is 107 Å². The Kier molecular flexibility index (Phi) is 9.57. The van der Waals surface area contributed by atoms with E-state index in [1.54, 1.807) is 43.5 Å². The van der Waals surface area contributed by atoms with Crippen LogP contribution >= 0.6 is 0 Å². The maximum atomic E-state index is 13.3. The number of rotatable bonds is 10. The Hall–Kier alpha value is -4.02. The van der Waals surface area contributed by atoms with E-state index in [0.717, 1.165) is 16.5 Å². The standard InChI is InChI=1S/C31H35FN4O4S/c1-5-25(20-30(37)36-15-13-35(14-16-36)21-24-8-10-27(32)11-9-24)28(40-4)19-23(3)34-41(38,39)29-18-22(2)17-26-7-6-12-33-31(26)29/h5-12,17-19,34H,3,13-16,20-21H2,1-2,4H3/b25-5-,28-19+. The van der Waals surface area contributed by atoms with Crippen LogP contribution < -0.4 is 4.72 Å². The third-order valence-corrected chi connectivity index (χ3v) is 8.37. The summed E-state index contributed by atoms with van der Waals surface area (Å²) < 4.78 is 47.8. The molecule has 0 aliphatic carbocycles. The van der Waals surface area contributed by atoms with Gasteiger partial charge in [0, 0.05) is 56.1 Å². The number of carbonyl (C=O) groups excluding carboxylic acids is 1. The van der Waals surface area contributed by atoms with Crippen LogP contribution in [-0.2, 0) is 26.1 Å². The van der Waals surface area contributed by atoms with E-state index >= 15 is 0 Å². The smallest absolute Gasteiger partial charge is 0.264 e. The largest absolute Gasteiger partial charge is 0.496 e. The molecule has 10 heteroatoms. The van der Waals surface area contributed by atoms with Crippen LogP contribution in [0.3, 0.4) is 0 Å². The Labute approximate surface area is 240 Å². The molecule has 0 radical (unpaired) electrons. The van der Waals surface area contributed by atoms with Crippen LogP contribution in [0.5, 0.6) is 0 Å². The average molecular weight is 579 g/mol. The number of sulfonamides is 1. The number of amides is 1. The topological polar surface area (TPSA) is 91.8 Å². The molecule has 41 heavy (non-hydrogen) atoms. The molecule has 0 saturated carbocycles. The quantitative estimate of drug-likeness (QED) is 0.277. The minimum Gasteiger partial charge on any atom is -0.496 e. The van der Waals surface area contributed by atoms with Crippen molar-refractivity contribution in [2.24, 2.45) is 0 Å². The molecule has 1 saturated heterocycles. The van der Waals surface area contributed by atoms with Gasteiger partial charge in [0.1, 0.15) is 16.5 Å². The first-order valence-electron chi connectivity index (χ1n) is 13.3. The van der Waals surface area contributed by atoms with Crippen LogP contribution in [-0.4, -0.2) is 62.4 Å². The van der Waals surface area contributed by atoms with Crippen molar-refractivity contribution in [2.75, 3.05) is 33.3 Å². The van der Waals surface area contributed by atoms with Gasteiger partial charge in [0.25, 0.3) is 10.0 Å². The molecule has 1 amide bonds. The highest BCUT2D eigenvalue weighted by molar-refractivity contribution is 7.89. The van der Waals surface area contributed by atoms with Gasteiger partial charge in [-0.3, -0.25) is 19.4 Å². The summed E-state index contributed by atoms with van der Waals surface area (Å²) >= 11 is 0. The molecule has 0 unspecified atom stereocenters. The van der Waals surface area contributed by atoms with Crippen molar-refractivity contribution >= 4 is 26.8 Å². The van der Waals surface area contributed by atoms with E-state index in [0.29, 0.717) is 49.6 Å². The van der Waals surface area contributed by atoms with E-state index in [-0.39, 0.29) is 28.7 Å². The molecule has 0 atom stereocenters. The van der Waals surface area contributed by atoms with Gasteiger partial charge in [-0.15, -0.1) is 0 Å². The lowest BCUT2D eigenvalue weighted by Crippen LogP contribution is -2.48. The Morgan fingerprint density at radius 1 is 1.15 bits per heavy atom. The molecule has 0 spiro atoms. The lowest BCUT2D eigenvalue weighted by atomic mass is 10.1. The molecule has 1 N–H and O–H groups in total. The maximum absolute atomic E-state index is 13.3. The summed E-state index contributed by atoms with van der Waals surface area (Å²) in [5.74, 6) is 0.0355. The summed E-state index contributed by atoms with van der Waals surface area (Å²) in [4.78, 5) is 21.5. The summed E-state index contributed by atoms with van der Waals surface area (Å²) in [7, 11) is -2.53. The van der Waals surface area contributed by atoms with Gasteiger partial charge in [-0.05, 0) is 60.9 Å². The zero-order chi connectivity index (χ0) is 29.6. The molecule has 1 aliphatic rings. The van der Waals surface area contributed by atoms with Crippen LogP contribution in [0.4, 0.5) is 4.39 Å². The fourth-order valence-electron chi connectivity index (χ4n) is 4.81. The summed E-state index contributed by atoms with van der Waals surface area (Å²) in [6, 6.07) is 13.5. The fraction of sp³-hybridized carbons (Fsp3) is 0.290. The summed E-state index contributed by atoms with van der Waals surface area (Å²) in [5, 5.41) is 0.720. The molecular formula is C31H35FN4O4S. The van der Waals surface area contributed by atoms with Crippen molar-refractivity contribution in [3.63, 3.8) is 0 Å². The SMILES string of the molecule is C=C(/C=C(OC)\C(=C/C)CC(=O)N1CCN(Cc2ccc(F)cc2)CC1)NS(=O)(=O)c1cc(C)cc2cccnc12. The van der Waals surface area contributed by atoms with Gasteiger partial charge in [-0.25, -0.2) is 12.8 Å². The predicted molar refractivity (Wildman–Crippen MR) is 158 cm³/mol. The van der Waals surface area contributed by atoms with Gasteiger partial charge < -0.3 is 9.64 Å². The van der Waals surface area contributed by atoms with E-state index < -0.39 is 10.0 Å². The van der Waals surface area contributed by atoms with Crippen molar-refractivity contribution in [2.45, 2.75) is 31.7 Å². The molecule has 1 fully saturated rings. The van der Waals surface area contributed by atoms with Crippen molar-refractivity contribution in [1.82, 2.24) is 19.5 Å². The van der Waals surface area contributed by atoms with E-state index in [4.69, 9.17) is 4.74 Å². The third-order valence-electron chi connectivity index (χ3n) is 6.95. The number of nitrogens with zero attached hydrogens (tertiary/aromatic N) is 3. The number of hydrogen-bond acceptors (Lipinski definition) is 6. The second kappa shape index (κ2) is 13.1. The molecule has 2 aromatic carbocycles. The Balaban J connectivity index is 1.39. The van der Waals surface area contributed by atoms with Gasteiger partial charge in [0.2, 0.25) is 5.91 Å². The maximum Gasteiger partial charge on any atom is 0.264 e. The van der Waals surface area contributed by atoms with Gasteiger partial charge in [-0.1, -0.05) is 30.9 Å². The van der Waals surface area contributed by atoms with Crippen LogP contribution in [0.2, 0.25) is 0 Å². The first-order chi connectivity index (χ1) is 19.6. The second-order valence-corrected chi connectivity index (χ2v) is 11.6. The van der Waals surface area contributed by atoms with Gasteiger partial charge in [0.15, 0.2) is 0 Å². The zero-order valence-corrected chi connectivity index (χ0v) is 24.4. The van der Waals surface area contributed by atoms with Crippen LogP contribution in [0.1, 0.15) is 24.5 Å². The fourth-order valence-corrected chi connectivity index (χ4v) is 6.09. The number of aromatic nitrogens is 1. The minimum absolute atomic E-state index is 0.0500. The normalized spacial score (nSPS) is 15.2. The van der Waals surface area contributed by atoms with Gasteiger partial charge >= 0.3 is 0 Å². The first-order valence-corrected chi connectivity index (χ1v) is 14.8. The molecule has 8 nitrogen and oxygen atoms in total. The van der Waals surface area contributed by atoms with E-state index in [1.807, 2.05) is 24.0 Å². The molecule has 216 valence electrons. The van der Waals surface area contributed by atoms with Crippen LogP contribution in [0, 0.1) is 12.7 Å². The number of fused-ring (bicyclic) bond motifs is 1. The molecule has 0 bridgehead atoms. The molecule has 1 aromatic heterocycles. The Morgan fingerprint density at radius 3 is 2.51 bits per heavy atom. The van der Waals surface area contributed by atoms with Gasteiger partial charge in [0.05, 0.1) is 19.0 Å². The number of halogens is 1. The highest BCUT2D eigenvalue weighted by Crippen LogP contribution is 2.24.